The summed E-state index contributed by atoms with van der Waals surface area (Å²) in [5.41, 5.74) is 3.04. The minimum absolute atomic E-state index is 0.226. The van der Waals surface area contributed by atoms with E-state index in [-0.39, 0.29) is 6.54 Å². The van der Waals surface area contributed by atoms with Gasteiger partial charge in [-0.1, -0.05) is 18.2 Å². The topological polar surface area (TPSA) is 82.3 Å². The number of ether oxygens (including phenoxy) is 1. The number of carbonyl (C=O) groups is 1. The summed E-state index contributed by atoms with van der Waals surface area (Å²) in [5.74, 6) is 0.664. The first-order valence-electron chi connectivity index (χ1n) is 6.28. The molecule has 0 radical (unpaired) electrons. The van der Waals surface area contributed by atoms with E-state index in [9.17, 15) is 4.79 Å². The summed E-state index contributed by atoms with van der Waals surface area (Å²) in [4.78, 5) is 10.5. The molecule has 0 aliphatic carbocycles. The fraction of sp³-hybridized carbons (Fsp3) is 0.125. The molecule has 0 aliphatic heterocycles. The zero-order chi connectivity index (χ0) is 15.2. The van der Waals surface area contributed by atoms with Crippen molar-refractivity contribution in [2.45, 2.75) is 6.54 Å². The number of hydrogen-bond acceptors (Lipinski definition) is 3. The highest BCUT2D eigenvalue weighted by atomic mass is 16.5. The molecule has 0 bridgehead atoms. The van der Waals surface area contributed by atoms with Crippen LogP contribution in [-0.2, 0) is 6.54 Å². The molecule has 0 heterocycles. The van der Waals surface area contributed by atoms with Crippen LogP contribution in [0.1, 0.15) is 11.1 Å². The van der Waals surface area contributed by atoms with Crippen molar-refractivity contribution < 1.29 is 14.6 Å². The Bertz CT molecular complexity index is 705. The van der Waals surface area contributed by atoms with Crippen LogP contribution in [0.15, 0.2) is 42.5 Å². The molecule has 1 amide bonds. The van der Waals surface area contributed by atoms with Gasteiger partial charge in [-0.05, 0) is 35.4 Å². The van der Waals surface area contributed by atoms with Crippen LogP contribution in [0.3, 0.4) is 0 Å². The molecular formula is C16H14N2O3. The molecule has 0 fully saturated rings. The van der Waals surface area contributed by atoms with Gasteiger partial charge in [0.25, 0.3) is 0 Å². The fourth-order valence-electron chi connectivity index (χ4n) is 2.03. The molecule has 0 saturated carbocycles. The van der Waals surface area contributed by atoms with E-state index in [2.05, 4.69) is 11.4 Å². The molecule has 0 aromatic heterocycles. The van der Waals surface area contributed by atoms with Gasteiger partial charge in [0.2, 0.25) is 0 Å². The lowest BCUT2D eigenvalue weighted by Gasteiger charge is -2.10. The van der Waals surface area contributed by atoms with Crippen molar-refractivity contribution in [3.05, 3.63) is 53.6 Å². The number of nitriles is 1. The molecule has 2 N–H and O–H groups in total. The van der Waals surface area contributed by atoms with Gasteiger partial charge >= 0.3 is 6.09 Å². The molecule has 5 nitrogen and oxygen atoms in total. The Morgan fingerprint density at radius 2 is 2.14 bits per heavy atom. The Balaban J connectivity index is 2.39. The molecule has 5 heteroatoms. The molecule has 2 aromatic carbocycles. The van der Waals surface area contributed by atoms with Crippen LogP contribution in [-0.4, -0.2) is 18.3 Å². The third-order valence-corrected chi connectivity index (χ3v) is 3.01. The van der Waals surface area contributed by atoms with Gasteiger partial charge in [0.15, 0.2) is 0 Å². The Kier molecular flexibility index (Phi) is 4.42. The Morgan fingerprint density at radius 3 is 2.81 bits per heavy atom. The SMILES string of the molecule is COc1ccc(C#N)cc1-c1cccc(CNC(=O)O)c1. The summed E-state index contributed by atoms with van der Waals surface area (Å²) in [6, 6.07) is 14.7. The van der Waals surface area contributed by atoms with E-state index in [1.807, 2.05) is 24.3 Å². The number of rotatable bonds is 4. The predicted molar refractivity (Wildman–Crippen MR) is 78.0 cm³/mol. The molecular weight excluding hydrogens is 268 g/mol. The first-order valence-corrected chi connectivity index (χ1v) is 6.28. The molecule has 0 aliphatic rings. The van der Waals surface area contributed by atoms with E-state index < -0.39 is 6.09 Å². The highest BCUT2D eigenvalue weighted by molar-refractivity contribution is 5.72. The maximum absolute atomic E-state index is 10.5. The summed E-state index contributed by atoms with van der Waals surface area (Å²) in [6.07, 6.45) is -1.07. The van der Waals surface area contributed by atoms with Gasteiger partial charge in [-0.25, -0.2) is 4.79 Å². The van der Waals surface area contributed by atoms with Gasteiger partial charge in [0, 0.05) is 12.1 Å². The monoisotopic (exact) mass is 282 g/mol. The van der Waals surface area contributed by atoms with Crippen LogP contribution >= 0.6 is 0 Å². The molecule has 2 aromatic rings. The maximum Gasteiger partial charge on any atom is 0.404 e. The number of hydrogen-bond donors (Lipinski definition) is 2. The number of amides is 1. The van der Waals surface area contributed by atoms with Crippen molar-refractivity contribution in [2.24, 2.45) is 0 Å². The van der Waals surface area contributed by atoms with Crippen molar-refractivity contribution in [3.8, 4) is 22.9 Å². The van der Waals surface area contributed by atoms with Gasteiger partial charge in [-0.2, -0.15) is 5.26 Å². The normalized spacial score (nSPS) is 9.71. The van der Waals surface area contributed by atoms with E-state index in [4.69, 9.17) is 15.1 Å². The lowest BCUT2D eigenvalue weighted by atomic mass is 10.00. The first-order chi connectivity index (χ1) is 10.1. The quantitative estimate of drug-likeness (QED) is 0.903. The largest absolute Gasteiger partial charge is 0.496 e. The second-order valence-corrected chi connectivity index (χ2v) is 4.39. The Hall–Kier alpha value is -3.00. The predicted octanol–water partition coefficient (Wildman–Crippen LogP) is 3.00. The minimum atomic E-state index is -1.07. The lowest BCUT2D eigenvalue weighted by Crippen LogP contribution is -2.19. The van der Waals surface area contributed by atoms with Crippen molar-refractivity contribution >= 4 is 6.09 Å². The Labute approximate surface area is 122 Å². The zero-order valence-electron chi connectivity index (χ0n) is 11.5. The van der Waals surface area contributed by atoms with Crippen LogP contribution in [0.5, 0.6) is 5.75 Å². The molecule has 0 atom stereocenters. The molecule has 21 heavy (non-hydrogen) atoms. The van der Waals surface area contributed by atoms with E-state index in [1.54, 1.807) is 25.3 Å². The van der Waals surface area contributed by atoms with Gasteiger partial charge < -0.3 is 15.2 Å². The molecule has 0 unspecified atom stereocenters. The fourth-order valence-corrected chi connectivity index (χ4v) is 2.03. The van der Waals surface area contributed by atoms with Crippen molar-refractivity contribution in [3.63, 3.8) is 0 Å². The third kappa shape index (κ3) is 3.51. The molecule has 106 valence electrons. The minimum Gasteiger partial charge on any atom is -0.496 e. The molecule has 0 spiro atoms. The Morgan fingerprint density at radius 1 is 1.33 bits per heavy atom. The second-order valence-electron chi connectivity index (χ2n) is 4.39. The van der Waals surface area contributed by atoms with Crippen molar-refractivity contribution in [2.75, 3.05) is 7.11 Å². The van der Waals surface area contributed by atoms with E-state index in [0.29, 0.717) is 11.3 Å². The summed E-state index contributed by atoms with van der Waals surface area (Å²) in [7, 11) is 1.57. The average molecular weight is 282 g/mol. The summed E-state index contributed by atoms with van der Waals surface area (Å²) in [6.45, 7) is 0.226. The van der Waals surface area contributed by atoms with Crippen LogP contribution in [0.2, 0.25) is 0 Å². The van der Waals surface area contributed by atoms with E-state index in [0.717, 1.165) is 16.7 Å². The average Bonchev–Trinajstić information content (AvgIpc) is 2.52. The highest BCUT2D eigenvalue weighted by Crippen LogP contribution is 2.31. The summed E-state index contributed by atoms with van der Waals surface area (Å²) >= 11 is 0. The molecule has 2 rings (SSSR count). The summed E-state index contributed by atoms with van der Waals surface area (Å²) < 4.78 is 5.32. The number of nitrogens with one attached hydrogen (secondary N) is 1. The highest BCUT2D eigenvalue weighted by Gasteiger charge is 2.08. The van der Waals surface area contributed by atoms with Gasteiger partial charge in [-0.3, -0.25) is 0 Å². The van der Waals surface area contributed by atoms with Crippen molar-refractivity contribution in [1.82, 2.24) is 5.32 Å². The van der Waals surface area contributed by atoms with Crippen LogP contribution < -0.4 is 10.1 Å². The lowest BCUT2D eigenvalue weighted by molar-refractivity contribution is 0.194. The van der Waals surface area contributed by atoms with Gasteiger partial charge in [-0.15, -0.1) is 0 Å². The van der Waals surface area contributed by atoms with Crippen LogP contribution in [0, 0.1) is 11.3 Å². The number of nitrogens with zero attached hydrogens (tertiary/aromatic N) is 1. The van der Waals surface area contributed by atoms with Crippen LogP contribution in [0.25, 0.3) is 11.1 Å². The number of methoxy groups -OCH3 is 1. The first kappa shape index (κ1) is 14.4. The number of carboxylic acid groups (broad SMARTS) is 1. The van der Waals surface area contributed by atoms with Crippen molar-refractivity contribution in [1.29, 1.82) is 5.26 Å². The van der Waals surface area contributed by atoms with E-state index >= 15 is 0 Å². The zero-order valence-corrected chi connectivity index (χ0v) is 11.5. The third-order valence-electron chi connectivity index (χ3n) is 3.01. The summed E-state index contributed by atoms with van der Waals surface area (Å²) in [5, 5.41) is 20.0. The smallest absolute Gasteiger partial charge is 0.404 e. The second kappa shape index (κ2) is 6.44. The maximum atomic E-state index is 10.5. The standard InChI is InChI=1S/C16H14N2O3/c1-21-15-6-5-11(9-17)8-14(15)13-4-2-3-12(7-13)10-18-16(19)20/h2-8,18H,10H2,1H3,(H,19,20). The van der Waals surface area contributed by atoms with Gasteiger partial charge in [0.1, 0.15) is 5.75 Å². The molecule has 0 saturated heterocycles. The van der Waals surface area contributed by atoms with Crippen LogP contribution in [0.4, 0.5) is 4.79 Å². The van der Waals surface area contributed by atoms with Gasteiger partial charge in [0.05, 0.1) is 18.7 Å². The van der Waals surface area contributed by atoms with E-state index in [1.165, 1.54) is 0 Å². The number of benzene rings is 2.